The van der Waals surface area contributed by atoms with Gasteiger partial charge < -0.3 is 5.32 Å². The fourth-order valence-corrected chi connectivity index (χ4v) is 3.89. The van der Waals surface area contributed by atoms with Crippen LogP contribution in [-0.2, 0) is 0 Å². The van der Waals surface area contributed by atoms with Crippen LogP contribution < -0.4 is 5.32 Å². The molecular formula is C17H20BrN3. The molecule has 0 unspecified atom stereocenters. The number of piperidine rings is 1. The second-order valence-corrected chi connectivity index (χ2v) is 7.03. The summed E-state index contributed by atoms with van der Waals surface area (Å²) >= 11 is 3.64. The Morgan fingerprint density at radius 3 is 2.38 bits per heavy atom. The zero-order chi connectivity index (χ0) is 14.2. The lowest BCUT2D eigenvalue weighted by Gasteiger charge is -2.23. The molecule has 1 N–H and O–H groups in total. The van der Waals surface area contributed by atoms with Crippen LogP contribution in [0.4, 0.5) is 0 Å². The number of hydrogen-bond acceptors (Lipinski definition) is 2. The molecule has 2 fully saturated rings. The van der Waals surface area contributed by atoms with Gasteiger partial charge in [-0.25, -0.2) is 4.68 Å². The maximum Gasteiger partial charge on any atom is 0.0649 e. The summed E-state index contributed by atoms with van der Waals surface area (Å²) < 4.78 is 3.25. The van der Waals surface area contributed by atoms with E-state index in [1.807, 2.05) is 6.20 Å². The summed E-state index contributed by atoms with van der Waals surface area (Å²) in [5, 5.41) is 7.98. The van der Waals surface area contributed by atoms with Gasteiger partial charge in [-0.2, -0.15) is 5.10 Å². The first-order valence-corrected chi connectivity index (χ1v) is 8.66. The third-order valence-corrected chi connectivity index (χ3v) is 5.28. The molecule has 1 aliphatic heterocycles. The van der Waals surface area contributed by atoms with E-state index < -0.39 is 0 Å². The molecular weight excluding hydrogens is 326 g/mol. The average Bonchev–Trinajstić information content (AvgIpc) is 3.31. The topological polar surface area (TPSA) is 29.9 Å². The minimum Gasteiger partial charge on any atom is -0.317 e. The van der Waals surface area contributed by atoms with E-state index in [2.05, 4.69) is 55.3 Å². The predicted molar refractivity (Wildman–Crippen MR) is 88.1 cm³/mol. The number of rotatable bonds is 3. The maximum absolute atomic E-state index is 4.55. The van der Waals surface area contributed by atoms with Crippen molar-refractivity contribution in [2.75, 3.05) is 13.1 Å². The fourth-order valence-electron chi connectivity index (χ4n) is 3.31. The highest BCUT2D eigenvalue weighted by Gasteiger charge is 2.30. The van der Waals surface area contributed by atoms with Gasteiger partial charge in [0.05, 0.1) is 22.1 Å². The van der Waals surface area contributed by atoms with Crippen molar-refractivity contribution >= 4 is 15.9 Å². The van der Waals surface area contributed by atoms with Gasteiger partial charge in [-0.15, -0.1) is 0 Å². The van der Waals surface area contributed by atoms with Crippen molar-refractivity contribution in [1.29, 1.82) is 0 Å². The van der Waals surface area contributed by atoms with Crippen molar-refractivity contribution in [3.05, 3.63) is 46.2 Å². The number of nitrogens with one attached hydrogen (secondary N) is 1. The van der Waals surface area contributed by atoms with Crippen molar-refractivity contribution in [3.63, 3.8) is 0 Å². The minimum absolute atomic E-state index is 0.686. The Hall–Kier alpha value is -1.13. The van der Waals surface area contributed by atoms with Crippen LogP contribution in [0.3, 0.4) is 0 Å². The van der Waals surface area contributed by atoms with E-state index >= 15 is 0 Å². The first-order valence-electron chi connectivity index (χ1n) is 7.87. The molecule has 0 radical (unpaired) electrons. The summed E-state index contributed by atoms with van der Waals surface area (Å²) in [7, 11) is 0. The van der Waals surface area contributed by atoms with Gasteiger partial charge in [0.15, 0.2) is 0 Å². The lowest BCUT2D eigenvalue weighted by atomic mass is 9.90. The number of benzene rings is 1. The molecule has 0 spiro atoms. The molecule has 4 heteroatoms. The van der Waals surface area contributed by atoms with Crippen LogP contribution in [0.25, 0.3) is 5.69 Å². The molecule has 1 saturated heterocycles. The molecule has 2 heterocycles. The predicted octanol–water partition coefficient (Wildman–Crippen LogP) is 3.98. The summed E-state index contributed by atoms with van der Waals surface area (Å²) in [6, 6.07) is 9.03. The van der Waals surface area contributed by atoms with Crippen LogP contribution in [0.2, 0.25) is 0 Å². The molecule has 1 aromatic carbocycles. The second-order valence-electron chi connectivity index (χ2n) is 6.18. The van der Waals surface area contributed by atoms with Gasteiger partial charge in [0.2, 0.25) is 0 Å². The summed E-state index contributed by atoms with van der Waals surface area (Å²) in [5.41, 5.74) is 3.99. The third-order valence-electron chi connectivity index (χ3n) is 4.67. The van der Waals surface area contributed by atoms with Crippen molar-refractivity contribution < 1.29 is 0 Å². The van der Waals surface area contributed by atoms with E-state index in [-0.39, 0.29) is 0 Å². The Labute approximate surface area is 133 Å². The van der Waals surface area contributed by atoms with Crippen molar-refractivity contribution in [1.82, 2.24) is 15.1 Å². The molecule has 0 bridgehead atoms. The third kappa shape index (κ3) is 2.67. The first kappa shape index (κ1) is 13.5. The van der Waals surface area contributed by atoms with Gasteiger partial charge in [-0.3, -0.25) is 0 Å². The van der Waals surface area contributed by atoms with Crippen LogP contribution in [0.5, 0.6) is 0 Å². The zero-order valence-corrected chi connectivity index (χ0v) is 13.6. The largest absolute Gasteiger partial charge is 0.317 e. The number of halogens is 1. The molecule has 3 nitrogen and oxygen atoms in total. The average molecular weight is 346 g/mol. The van der Waals surface area contributed by atoms with Gasteiger partial charge in [0, 0.05) is 5.92 Å². The zero-order valence-electron chi connectivity index (χ0n) is 12.1. The summed E-state index contributed by atoms with van der Waals surface area (Å²) in [5.74, 6) is 1.40. The number of hydrogen-bond donors (Lipinski definition) is 1. The lowest BCUT2D eigenvalue weighted by molar-refractivity contribution is 0.460. The Balaban J connectivity index is 1.61. The Kier molecular flexibility index (Phi) is 3.59. The normalized spacial score (nSPS) is 19.9. The Morgan fingerprint density at radius 2 is 1.71 bits per heavy atom. The fraction of sp³-hybridized carbons (Fsp3) is 0.471. The van der Waals surface area contributed by atoms with Crippen LogP contribution in [0, 0.1) is 0 Å². The van der Waals surface area contributed by atoms with Gasteiger partial charge in [-0.05, 0) is 78.3 Å². The van der Waals surface area contributed by atoms with Crippen molar-refractivity contribution in [2.45, 2.75) is 37.5 Å². The van der Waals surface area contributed by atoms with Crippen LogP contribution in [0.1, 0.15) is 48.8 Å². The van der Waals surface area contributed by atoms with E-state index in [4.69, 9.17) is 0 Å². The smallest absolute Gasteiger partial charge is 0.0649 e. The van der Waals surface area contributed by atoms with E-state index in [1.54, 1.807) is 0 Å². The molecule has 2 aromatic rings. The standard InChI is InChI=1S/C17H20BrN3/c18-16-11-20-21(17(16)14-1-2-14)15-5-3-12(4-6-15)13-7-9-19-10-8-13/h3-6,11,13-14,19H,1-2,7-10H2. The van der Waals surface area contributed by atoms with Crippen LogP contribution in [-0.4, -0.2) is 22.9 Å². The molecule has 1 saturated carbocycles. The van der Waals surface area contributed by atoms with E-state index in [0.29, 0.717) is 11.8 Å². The first-order chi connectivity index (χ1) is 10.3. The maximum atomic E-state index is 4.55. The summed E-state index contributed by atoms with van der Waals surface area (Å²) in [6.45, 7) is 2.29. The number of nitrogens with zero attached hydrogens (tertiary/aromatic N) is 2. The second kappa shape index (κ2) is 5.58. The highest BCUT2D eigenvalue weighted by molar-refractivity contribution is 9.10. The minimum atomic E-state index is 0.686. The van der Waals surface area contributed by atoms with Gasteiger partial charge in [0.25, 0.3) is 0 Å². The van der Waals surface area contributed by atoms with E-state index in [1.165, 1.54) is 42.6 Å². The molecule has 0 atom stereocenters. The van der Waals surface area contributed by atoms with Gasteiger partial charge >= 0.3 is 0 Å². The lowest BCUT2D eigenvalue weighted by Crippen LogP contribution is -2.26. The summed E-state index contributed by atoms with van der Waals surface area (Å²) in [4.78, 5) is 0. The van der Waals surface area contributed by atoms with Gasteiger partial charge in [0.1, 0.15) is 0 Å². The quantitative estimate of drug-likeness (QED) is 0.911. The number of aromatic nitrogens is 2. The SMILES string of the molecule is Brc1cnn(-c2ccc(C3CCNCC3)cc2)c1C1CC1. The Bertz CT molecular complexity index is 622. The molecule has 21 heavy (non-hydrogen) atoms. The van der Waals surface area contributed by atoms with Gasteiger partial charge in [-0.1, -0.05) is 12.1 Å². The highest BCUT2D eigenvalue weighted by Crippen LogP contribution is 2.44. The molecule has 4 rings (SSSR count). The van der Waals surface area contributed by atoms with Crippen molar-refractivity contribution in [2.24, 2.45) is 0 Å². The Morgan fingerprint density at radius 1 is 1.00 bits per heavy atom. The van der Waals surface area contributed by atoms with Crippen LogP contribution >= 0.6 is 15.9 Å². The molecule has 1 aliphatic carbocycles. The molecule has 2 aliphatic rings. The van der Waals surface area contributed by atoms with Crippen molar-refractivity contribution in [3.8, 4) is 5.69 Å². The summed E-state index contributed by atoms with van der Waals surface area (Å²) in [6.07, 6.45) is 7.00. The molecule has 1 aromatic heterocycles. The highest BCUT2D eigenvalue weighted by atomic mass is 79.9. The molecule has 110 valence electrons. The van der Waals surface area contributed by atoms with Crippen LogP contribution in [0.15, 0.2) is 34.9 Å². The van der Waals surface area contributed by atoms with E-state index in [9.17, 15) is 0 Å². The molecule has 0 amide bonds. The monoisotopic (exact) mass is 345 g/mol. The van der Waals surface area contributed by atoms with E-state index in [0.717, 1.165) is 17.6 Å².